The molecule has 0 amide bonds. The van der Waals surface area contributed by atoms with Crippen LogP contribution in [0.1, 0.15) is 60.3 Å². The number of ether oxygens (including phenoxy) is 1. The predicted octanol–water partition coefficient (Wildman–Crippen LogP) is 8.95. The lowest BCUT2D eigenvalue weighted by atomic mass is 9.67. The summed E-state index contributed by atoms with van der Waals surface area (Å²) in [4.78, 5) is 15.3. The highest BCUT2D eigenvalue weighted by atomic mass is 16.5. The molecule has 1 aromatic heterocycles. The third-order valence-corrected chi connectivity index (χ3v) is 10.1. The Labute approximate surface area is 262 Å². The summed E-state index contributed by atoms with van der Waals surface area (Å²) in [5.74, 6) is 2.98. The molecule has 45 heavy (non-hydrogen) atoms. The minimum Gasteiger partial charge on any atom is -0.485 e. The van der Waals surface area contributed by atoms with Crippen LogP contribution >= 0.6 is 0 Å². The zero-order chi connectivity index (χ0) is 30.0. The van der Waals surface area contributed by atoms with E-state index in [0.717, 1.165) is 46.4 Å². The number of aromatic nitrogens is 3. The third kappa shape index (κ3) is 4.02. The van der Waals surface area contributed by atoms with Crippen molar-refractivity contribution >= 4 is 0 Å². The van der Waals surface area contributed by atoms with E-state index in [9.17, 15) is 5.26 Å². The lowest BCUT2D eigenvalue weighted by molar-refractivity contribution is 0.269. The molecule has 3 aliphatic carbocycles. The van der Waals surface area contributed by atoms with Crippen LogP contribution in [0.4, 0.5) is 0 Å². The van der Waals surface area contributed by atoms with Gasteiger partial charge in [0, 0.05) is 33.6 Å². The zero-order valence-corrected chi connectivity index (χ0v) is 24.8. The highest BCUT2D eigenvalue weighted by molar-refractivity contribution is 5.92. The van der Waals surface area contributed by atoms with Crippen molar-refractivity contribution in [3.8, 4) is 57.1 Å². The lowest BCUT2D eigenvalue weighted by Crippen LogP contribution is -2.28. The first-order valence-corrected chi connectivity index (χ1v) is 15.9. The summed E-state index contributed by atoms with van der Waals surface area (Å²) in [5.41, 5.74) is 9.59. The molecule has 0 N–H and O–H groups in total. The van der Waals surface area contributed by atoms with Crippen molar-refractivity contribution in [1.29, 1.82) is 5.26 Å². The van der Waals surface area contributed by atoms with E-state index in [-0.39, 0.29) is 17.4 Å². The molecular formula is C40H30N4O. The summed E-state index contributed by atoms with van der Waals surface area (Å²) < 4.78 is 6.35. The third-order valence-electron chi connectivity index (χ3n) is 10.1. The Morgan fingerprint density at radius 2 is 1.49 bits per heavy atom. The van der Waals surface area contributed by atoms with Gasteiger partial charge in [0.25, 0.3) is 0 Å². The van der Waals surface area contributed by atoms with Gasteiger partial charge in [-0.15, -0.1) is 0 Å². The smallest absolute Gasteiger partial charge is 0.164 e. The molecule has 0 radical (unpaired) electrons. The van der Waals surface area contributed by atoms with E-state index in [1.807, 2.05) is 42.5 Å². The van der Waals surface area contributed by atoms with E-state index in [2.05, 4.69) is 72.8 Å². The molecule has 4 aromatic carbocycles. The minimum absolute atomic E-state index is 0.0198. The number of fused-ring (bicyclic) bond motifs is 8. The number of benzene rings is 4. The van der Waals surface area contributed by atoms with Crippen molar-refractivity contribution in [2.75, 3.05) is 0 Å². The highest BCUT2D eigenvalue weighted by Crippen LogP contribution is 2.58. The summed E-state index contributed by atoms with van der Waals surface area (Å²) in [6.07, 6.45) is 14.4. The van der Waals surface area contributed by atoms with Gasteiger partial charge in [-0.3, -0.25) is 0 Å². The molecule has 216 valence electrons. The monoisotopic (exact) mass is 582 g/mol. The highest BCUT2D eigenvalue weighted by Gasteiger charge is 2.45. The van der Waals surface area contributed by atoms with Crippen molar-refractivity contribution in [2.24, 2.45) is 0 Å². The second kappa shape index (κ2) is 10.1. The number of nitrogens with zero attached hydrogens (tertiary/aromatic N) is 4. The van der Waals surface area contributed by atoms with Crippen LogP contribution in [-0.4, -0.2) is 21.1 Å². The van der Waals surface area contributed by atoms with Crippen molar-refractivity contribution < 1.29 is 4.74 Å². The van der Waals surface area contributed by atoms with Gasteiger partial charge in [0.2, 0.25) is 0 Å². The zero-order valence-electron chi connectivity index (χ0n) is 24.8. The molecule has 0 saturated heterocycles. The fourth-order valence-corrected chi connectivity index (χ4v) is 8.02. The number of rotatable bonds is 3. The van der Waals surface area contributed by atoms with E-state index in [0.29, 0.717) is 23.0 Å². The van der Waals surface area contributed by atoms with E-state index in [1.165, 1.54) is 36.0 Å². The molecule has 9 rings (SSSR count). The van der Waals surface area contributed by atoms with Crippen molar-refractivity contribution in [2.45, 2.75) is 49.5 Å². The van der Waals surface area contributed by atoms with E-state index in [1.54, 1.807) is 0 Å². The van der Waals surface area contributed by atoms with Crippen LogP contribution in [0.25, 0.3) is 45.3 Å². The minimum atomic E-state index is -0.0397. The van der Waals surface area contributed by atoms with Gasteiger partial charge < -0.3 is 4.74 Å². The Morgan fingerprint density at radius 3 is 2.33 bits per heavy atom. The Morgan fingerprint density at radius 1 is 0.689 bits per heavy atom. The average Bonchev–Trinajstić information content (AvgIpc) is 3.61. The molecular weight excluding hydrogens is 552 g/mol. The molecule has 4 aliphatic rings. The van der Waals surface area contributed by atoms with Crippen LogP contribution in [0.3, 0.4) is 0 Å². The first-order valence-electron chi connectivity index (χ1n) is 15.9. The molecule has 5 nitrogen and oxygen atoms in total. The van der Waals surface area contributed by atoms with Crippen LogP contribution in [0.5, 0.6) is 5.75 Å². The normalized spacial score (nSPS) is 19.7. The van der Waals surface area contributed by atoms with Crippen LogP contribution in [0, 0.1) is 11.3 Å². The molecule has 1 aliphatic heterocycles. The van der Waals surface area contributed by atoms with Crippen molar-refractivity contribution in [1.82, 2.24) is 15.0 Å². The second-order valence-electron chi connectivity index (χ2n) is 12.5. The SMILES string of the molecule is N#Cc1ccc2c(c1)-c1c(-c3nc(-c4ccccc4)nc(-c4ccc5c(c4)OC4C=CC=CC54)n3)cccc1C21CCCCC1. The van der Waals surface area contributed by atoms with Crippen LogP contribution in [0.15, 0.2) is 109 Å². The Bertz CT molecular complexity index is 2100. The van der Waals surface area contributed by atoms with E-state index < -0.39 is 0 Å². The maximum absolute atomic E-state index is 9.86. The maximum Gasteiger partial charge on any atom is 0.164 e. The summed E-state index contributed by atoms with van der Waals surface area (Å²) in [6, 6.07) is 31.6. The fraction of sp³-hybridized carbons (Fsp3) is 0.200. The number of nitriles is 1. The summed E-state index contributed by atoms with van der Waals surface area (Å²) >= 11 is 0. The molecule has 1 saturated carbocycles. The molecule has 0 bridgehead atoms. The van der Waals surface area contributed by atoms with Gasteiger partial charge in [-0.05, 0) is 59.4 Å². The van der Waals surface area contributed by atoms with Crippen LogP contribution in [-0.2, 0) is 5.41 Å². The van der Waals surface area contributed by atoms with Gasteiger partial charge in [0.15, 0.2) is 17.5 Å². The molecule has 2 atom stereocenters. The molecule has 1 spiro atoms. The standard InChI is InChI=1S/C40H30N4O/c41-24-25-16-19-32-31(22-25)36-30(13-9-14-33(36)40(32)20-7-2-8-21-40)39-43-37(26-10-3-1-4-11-26)42-38(44-39)27-17-18-29-28-12-5-6-15-34(28)45-35(29)23-27/h1,3-6,9-19,22-23,28,34H,2,7-8,20-21H2. The van der Waals surface area contributed by atoms with Gasteiger partial charge in [0.05, 0.1) is 11.6 Å². The molecule has 2 heterocycles. The first-order chi connectivity index (χ1) is 22.2. The van der Waals surface area contributed by atoms with Crippen molar-refractivity contribution in [3.63, 3.8) is 0 Å². The van der Waals surface area contributed by atoms with Crippen LogP contribution < -0.4 is 4.74 Å². The Kier molecular flexibility index (Phi) is 5.86. The molecule has 5 heteroatoms. The average molecular weight is 583 g/mol. The number of hydrogen-bond donors (Lipinski definition) is 0. The van der Waals surface area contributed by atoms with Crippen LogP contribution in [0.2, 0.25) is 0 Å². The molecule has 1 fully saturated rings. The second-order valence-corrected chi connectivity index (χ2v) is 12.5. The first kappa shape index (κ1) is 26.1. The summed E-state index contributed by atoms with van der Waals surface area (Å²) in [6.45, 7) is 0. The number of allylic oxidation sites excluding steroid dienone is 2. The van der Waals surface area contributed by atoms with Gasteiger partial charge in [-0.1, -0.05) is 104 Å². The Balaban J connectivity index is 1.25. The summed E-state index contributed by atoms with van der Waals surface area (Å²) in [7, 11) is 0. The lowest BCUT2D eigenvalue weighted by Gasteiger charge is -2.36. The van der Waals surface area contributed by atoms with E-state index in [4.69, 9.17) is 19.7 Å². The largest absolute Gasteiger partial charge is 0.485 e. The quantitative estimate of drug-likeness (QED) is 0.212. The molecule has 2 unspecified atom stereocenters. The summed E-state index contributed by atoms with van der Waals surface area (Å²) in [5, 5.41) is 9.86. The van der Waals surface area contributed by atoms with Gasteiger partial charge in [-0.25, -0.2) is 15.0 Å². The number of hydrogen-bond acceptors (Lipinski definition) is 5. The van der Waals surface area contributed by atoms with Gasteiger partial charge in [0.1, 0.15) is 11.9 Å². The Hall–Kier alpha value is -5.34. The van der Waals surface area contributed by atoms with Gasteiger partial charge in [-0.2, -0.15) is 5.26 Å². The van der Waals surface area contributed by atoms with Gasteiger partial charge >= 0.3 is 0 Å². The van der Waals surface area contributed by atoms with E-state index >= 15 is 0 Å². The maximum atomic E-state index is 9.86. The van der Waals surface area contributed by atoms with Crippen molar-refractivity contribution in [3.05, 3.63) is 131 Å². The fourth-order valence-electron chi connectivity index (χ4n) is 8.02. The predicted molar refractivity (Wildman–Crippen MR) is 176 cm³/mol. The molecule has 5 aromatic rings. The topological polar surface area (TPSA) is 71.7 Å².